The Labute approximate surface area is 199 Å². The van der Waals surface area contributed by atoms with Crippen molar-refractivity contribution in [2.45, 2.75) is 43.9 Å². The quantitative estimate of drug-likeness (QED) is 0.408. The largest absolute Gasteiger partial charge is 0.465 e. The van der Waals surface area contributed by atoms with Crippen molar-refractivity contribution in [2.75, 3.05) is 20.3 Å². The first-order chi connectivity index (χ1) is 16.4. The van der Waals surface area contributed by atoms with E-state index in [4.69, 9.17) is 15.2 Å². The molecule has 2 rings (SSSR count). The summed E-state index contributed by atoms with van der Waals surface area (Å²) in [4.78, 5) is 36.9. The van der Waals surface area contributed by atoms with Crippen LogP contribution in [-0.2, 0) is 19.1 Å². The SMILES string of the molecule is CCOC(=O)C(N)CC(F)CCNC(=O)C(NC(=O)OC)C(c1ccccc1)c1ccccc1. The molecule has 9 heteroatoms. The van der Waals surface area contributed by atoms with Crippen molar-refractivity contribution >= 4 is 18.0 Å². The fourth-order valence-corrected chi connectivity index (χ4v) is 3.59. The Morgan fingerprint density at radius 3 is 2.06 bits per heavy atom. The van der Waals surface area contributed by atoms with Gasteiger partial charge in [-0.15, -0.1) is 0 Å². The topological polar surface area (TPSA) is 120 Å². The first kappa shape index (κ1) is 26.8. The van der Waals surface area contributed by atoms with E-state index in [1.54, 1.807) is 6.92 Å². The summed E-state index contributed by atoms with van der Waals surface area (Å²) in [6.07, 6.45) is -2.44. The third-order valence-electron chi connectivity index (χ3n) is 5.25. The van der Waals surface area contributed by atoms with Gasteiger partial charge in [-0.3, -0.25) is 9.59 Å². The van der Waals surface area contributed by atoms with Crippen molar-refractivity contribution in [2.24, 2.45) is 5.73 Å². The van der Waals surface area contributed by atoms with Gasteiger partial charge in [-0.2, -0.15) is 0 Å². The lowest BCUT2D eigenvalue weighted by molar-refractivity contribution is -0.145. The average Bonchev–Trinajstić information content (AvgIpc) is 2.84. The summed E-state index contributed by atoms with van der Waals surface area (Å²) in [5.74, 6) is -1.67. The molecule has 2 aromatic rings. The first-order valence-corrected chi connectivity index (χ1v) is 11.2. The number of methoxy groups -OCH3 is 1. The molecule has 0 saturated carbocycles. The Balaban J connectivity index is 2.13. The van der Waals surface area contributed by atoms with Crippen LogP contribution in [0.3, 0.4) is 0 Å². The molecule has 8 nitrogen and oxygen atoms in total. The van der Waals surface area contributed by atoms with E-state index in [-0.39, 0.29) is 26.0 Å². The van der Waals surface area contributed by atoms with Gasteiger partial charge in [0.25, 0.3) is 0 Å². The van der Waals surface area contributed by atoms with Crippen LogP contribution in [0.4, 0.5) is 9.18 Å². The summed E-state index contributed by atoms with van der Waals surface area (Å²) in [5.41, 5.74) is 7.29. The van der Waals surface area contributed by atoms with E-state index in [0.717, 1.165) is 11.1 Å². The monoisotopic (exact) mass is 473 g/mol. The molecule has 34 heavy (non-hydrogen) atoms. The van der Waals surface area contributed by atoms with Gasteiger partial charge in [-0.25, -0.2) is 9.18 Å². The molecule has 4 N–H and O–H groups in total. The zero-order chi connectivity index (χ0) is 24.9. The summed E-state index contributed by atoms with van der Waals surface area (Å²) in [6.45, 7) is 1.80. The van der Waals surface area contributed by atoms with Crippen LogP contribution in [0.25, 0.3) is 0 Å². The predicted octanol–water partition coefficient (Wildman–Crippen LogP) is 2.67. The van der Waals surface area contributed by atoms with Crippen LogP contribution in [0.5, 0.6) is 0 Å². The predicted molar refractivity (Wildman–Crippen MR) is 126 cm³/mol. The normalized spacial score (nSPS) is 13.4. The van der Waals surface area contributed by atoms with E-state index in [0.29, 0.717) is 0 Å². The number of hydrogen-bond acceptors (Lipinski definition) is 6. The van der Waals surface area contributed by atoms with Gasteiger partial charge in [0.15, 0.2) is 0 Å². The van der Waals surface area contributed by atoms with Crippen molar-refractivity contribution in [3.05, 3.63) is 71.8 Å². The molecule has 0 fully saturated rings. The Hall–Kier alpha value is -3.46. The molecule has 0 saturated heterocycles. The number of alkyl halides is 1. The van der Waals surface area contributed by atoms with Gasteiger partial charge in [-0.05, 0) is 24.5 Å². The number of alkyl carbamates (subject to hydrolysis) is 1. The standard InChI is InChI=1S/C25H32FN3O5/c1-3-34-24(31)20(27)16-19(26)14-15-28-23(30)22(29-25(32)33-2)21(17-10-6-4-7-11-17)18-12-8-5-9-13-18/h4-13,19-22H,3,14-16,27H2,1-2H3,(H,28,30)(H,29,32). The summed E-state index contributed by atoms with van der Waals surface area (Å²) >= 11 is 0. The summed E-state index contributed by atoms with van der Waals surface area (Å²) < 4.78 is 23.8. The zero-order valence-electron chi connectivity index (χ0n) is 19.4. The second-order valence-corrected chi connectivity index (χ2v) is 7.68. The number of ether oxygens (including phenoxy) is 2. The van der Waals surface area contributed by atoms with Crippen LogP contribution in [0, 0.1) is 0 Å². The van der Waals surface area contributed by atoms with Gasteiger partial charge in [0.2, 0.25) is 5.91 Å². The van der Waals surface area contributed by atoms with E-state index >= 15 is 0 Å². The lowest BCUT2D eigenvalue weighted by Crippen LogP contribution is -2.50. The molecular weight excluding hydrogens is 441 g/mol. The van der Waals surface area contributed by atoms with Crippen molar-refractivity contribution in [3.63, 3.8) is 0 Å². The maximum absolute atomic E-state index is 14.3. The van der Waals surface area contributed by atoms with Gasteiger partial charge in [0, 0.05) is 18.9 Å². The van der Waals surface area contributed by atoms with Crippen molar-refractivity contribution < 1.29 is 28.2 Å². The second-order valence-electron chi connectivity index (χ2n) is 7.68. The number of benzene rings is 2. The highest BCUT2D eigenvalue weighted by atomic mass is 19.1. The molecule has 0 aliphatic carbocycles. The van der Waals surface area contributed by atoms with Crippen LogP contribution in [0.15, 0.2) is 60.7 Å². The lowest BCUT2D eigenvalue weighted by atomic mass is 9.84. The number of nitrogens with one attached hydrogen (secondary N) is 2. The van der Waals surface area contributed by atoms with Crippen LogP contribution in [-0.4, -0.2) is 56.5 Å². The van der Waals surface area contributed by atoms with Crippen molar-refractivity contribution in [1.82, 2.24) is 10.6 Å². The molecule has 2 amide bonds. The van der Waals surface area contributed by atoms with Crippen LogP contribution in [0.1, 0.15) is 36.8 Å². The summed E-state index contributed by atoms with van der Waals surface area (Å²) in [6, 6.07) is 16.5. The Morgan fingerprint density at radius 1 is 1.00 bits per heavy atom. The van der Waals surface area contributed by atoms with E-state index in [1.165, 1.54) is 7.11 Å². The third-order valence-corrected chi connectivity index (χ3v) is 5.25. The lowest BCUT2D eigenvalue weighted by Gasteiger charge is -2.28. The number of carbonyl (C=O) groups is 3. The third kappa shape index (κ3) is 8.15. The highest BCUT2D eigenvalue weighted by molar-refractivity contribution is 5.87. The van der Waals surface area contributed by atoms with E-state index < -0.39 is 42.1 Å². The molecule has 3 atom stereocenters. The molecular formula is C25H32FN3O5. The Morgan fingerprint density at radius 2 is 1.56 bits per heavy atom. The summed E-state index contributed by atoms with van der Waals surface area (Å²) in [5, 5.41) is 5.30. The highest BCUT2D eigenvalue weighted by Crippen LogP contribution is 2.28. The molecule has 0 bridgehead atoms. The molecule has 0 aliphatic heterocycles. The number of amides is 2. The fraction of sp³-hybridized carbons (Fsp3) is 0.400. The maximum atomic E-state index is 14.3. The smallest absolute Gasteiger partial charge is 0.407 e. The van der Waals surface area contributed by atoms with Gasteiger partial charge >= 0.3 is 12.1 Å². The van der Waals surface area contributed by atoms with Gasteiger partial charge in [-0.1, -0.05) is 60.7 Å². The fourth-order valence-electron chi connectivity index (χ4n) is 3.59. The number of rotatable bonds is 12. The molecule has 0 spiro atoms. The molecule has 0 radical (unpaired) electrons. The van der Waals surface area contributed by atoms with Crippen LogP contribution >= 0.6 is 0 Å². The molecule has 0 heterocycles. The number of carbonyl (C=O) groups excluding carboxylic acids is 3. The Bertz CT molecular complexity index is 874. The number of hydrogen-bond donors (Lipinski definition) is 3. The minimum atomic E-state index is -1.41. The van der Waals surface area contributed by atoms with E-state index in [9.17, 15) is 18.8 Å². The maximum Gasteiger partial charge on any atom is 0.407 e. The van der Waals surface area contributed by atoms with Crippen molar-refractivity contribution in [3.8, 4) is 0 Å². The Kier molecular flexibility index (Phi) is 11.0. The number of halogens is 1. The highest BCUT2D eigenvalue weighted by Gasteiger charge is 2.33. The molecule has 2 aromatic carbocycles. The van der Waals surface area contributed by atoms with Crippen LogP contribution < -0.4 is 16.4 Å². The molecule has 3 unspecified atom stereocenters. The van der Waals surface area contributed by atoms with Crippen LogP contribution in [0.2, 0.25) is 0 Å². The second kappa shape index (κ2) is 13.9. The zero-order valence-corrected chi connectivity index (χ0v) is 19.4. The van der Waals surface area contributed by atoms with Crippen molar-refractivity contribution in [1.29, 1.82) is 0 Å². The van der Waals surface area contributed by atoms with E-state index in [1.807, 2.05) is 60.7 Å². The minimum Gasteiger partial charge on any atom is -0.465 e. The molecule has 184 valence electrons. The van der Waals surface area contributed by atoms with Gasteiger partial charge in [0.1, 0.15) is 18.3 Å². The summed E-state index contributed by atoms with van der Waals surface area (Å²) in [7, 11) is 1.21. The van der Waals surface area contributed by atoms with Gasteiger partial charge < -0.3 is 25.8 Å². The minimum absolute atomic E-state index is 0.00873. The average molecular weight is 474 g/mol. The van der Waals surface area contributed by atoms with E-state index in [2.05, 4.69) is 10.6 Å². The number of esters is 1. The van der Waals surface area contributed by atoms with Gasteiger partial charge in [0.05, 0.1) is 13.7 Å². The molecule has 0 aromatic heterocycles. The first-order valence-electron chi connectivity index (χ1n) is 11.2. The molecule has 0 aliphatic rings. The number of nitrogens with two attached hydrogens (primary N) is 1.